The van der Waals surface area contributed by atoms with Crippen LogP contribution in [0, 0.1) is 42.4 Å². The van der Waals surface area contributed by atoms with E-state index in [1.165, 1.54) is 4.90 Å². The van der Waals surface area contributed by atoms with Crippen molar-refractivity contribution in [3.8, 4) is 0 Å². The van der Waals surface area contributed by atoms with Gasteiger partial charge in [-0.1, -0.05) is 48.6 Å². The zero-order chi connectivity index (χ0) is 21.3. The highest BCUT2D eigenvalue weighted by atomic mass is 16.2. The molecule has 5 aliphatic rings. The molecule has 2 saturated carbocycles. The molecule has 6 atom stereocenters. The number of carbonyl (C=O) groups excluding carboxylic acids is 3. The van der Waals surface area contributed by atoms with Crippen molar-refractivity contribution in [1.29, 1.82) is 0 Å². The average Bonchev–Trinajstić information content (AvgIpc) is 3.58. The van der Waals surface area contributed by atoms with Crippen molar-refractivity contribution in [2.24, 2.45) is 35.5 Å². The Hall–Kier alpha value is -3.21. The fraction of sp³-hybridized carbons (Fsp3) is 0.346. The average molecular weight is 412 g/mol. The highest BCUT2D eigenvalue weighted by Crippen LogP contribution is 2.65. The molecule has 5 heteroatoms. The second-order valence-electron chi connectivity index (χ2n) is 9.28. The monoisotopic (exact) mass is 412 g/mol. The second-order valence-corrected chi connectivity index (χ2v) is 9.28. The SMILES string of the molecule is Cc1ccccc1C(=O)N(CN1C(=O)C2C3C=CC(C4CC34)C2C1=O)c1ccccc1. The summed E-state index contributed by atoms with van der Waals surface area (Å²) in [5.41, 5.74) is 2.12. The molecule has 156 valence electrons. The highest BCUT2D eigenvalue weighted by Gasteiger charge is 2.67. The molecule has 1 aliphatic heterocycles. The number of allylic oxidation sites excluding steroid dienone is 2. The molecule has 1 heterocycles. The van der Waals surface area contributed by atoms with E-state index in [1.807, 2.05) is 55.5 Å². The normalized spacial score (nSPS) is 32.1. The van der Waals surface area contributed by atoms with Crippen LogP contribution >= 0.6 is 0 Å². The summed E-state index contributed by atoms with van der Waals surface area (Å²) in [7, 11) is 0. The van der Waals surface area contributed by atoms with Crippen molar-refractivity contribution in [2.45, 2.75) is 13.3 Å². The van der Waals surface area contributed by atoms with E-state index in [1.54, 1.807) is 11.0 Å². The van der Waals surface area contributed by atoms with Crippen LogP contribution in [0.4, 0.5) is 5.69 Å². The maximum absolute atomic E-state index is 13.5. The number of benzene rings is 2. The fourth-order valence-corrected chi connectivity index (χ4v) is 6.13. The third-order valence-corrected chi connectivity index (χ3v) is 7.73. The molecule has 2 aromatic carbocycles. The van der Waals surface area contributed by atoms with Crippen LogP contribution in [-0.4, -0.2) is 29.3 Å². The van der Waals surface area contributed by atoms with E-state index in [-0.39, 0.29) is 48.1 Å². The van der Waals surface area contributed by atoms with Crippen LogP contribution in [0.25, 0.3) is 0 Å². The Morgan fingerprint density at radius 1 is 0.903 bits per heavy atom. The van der Waals surface area contributed by atoms with Gasteiger partial charge in [0.1, 0.15) is 6.67 Å². The van der Waals surface area contributed by atoms with Gasteiger partial charge in [0.15, 0.2) is 0 Å². The van der Waals surface area contributed by atoms with E-state index in [2.05, 4.69) is 12.2 Å². The van der Waals surface area contributed by atoms with Crippen LogP contribution < -0.4 is 4.90 Å². The third-order valence-electron chi connectivity index (χ3n) is 7.73. The summed E-state index contributed by atoms with van der Waals surface area (Å²) in [5, 5.41) is 0. The number of para-hydroxylation sites is 1. The number of carbonyl (C=O) groups is 3. The molecule has 2 aromatic rings. The Labute approximate surface area is 181 Å². The molecule has 3 amide bonds. The van der Waals surface area contributed by atoms with Crippen molar-refractivity contribution in [3.63, 3.8) is 0 Å². The zero-order valence-electron chi connectivity index (χ0n) is 17.3. The molecule has 2 bridgehead atoms. The lowest BCUT2D eigenvalue weighted by atomic mass is 9.63. The summed E-state index contributed by atoms with van der Waals surface area (Å²) in [5.74, 6) is 0.547. The Balaban J connectivity index is 1.35. The number of hydrogen-bond donors (Lipinski definition) is 0. The molecule has 7 rings (SSSR count). The van der Waals surface area contributed by atoms with E-state index in [0.717, 1.165) is 12.0 Å². The van der Waals surface area contributed by atoms with Gasteiger partial charge in [0.05, 0.1) is 11.8 Å². The van der Waals surface area contributed by atoms with Gasteiger partial charge in [0.2, 0.25) is 11.8 Å². The minimum atomic E-state index is -0.252. The largest absolute Gasteiger partial charge is 0.290 e. The number of amides is 3. The number of nitrogens with zero attached hydrogens (tertiary/aromatic N) is 2. The van der Waals surface area contributed by atoms with Crippen LogP contribution in [0.15, 0.2) is 66.7 Å². The Morgan fingerprint density at radius 2 is 1.48 bits per heavy atom. The maximum atomic E-state index is 13.5. The molecule has 0 aromatic heterocycles. The molecule has 0 radical (unpaired) electrons. The van der Waals surface area contributed by atoms with Crippen LogP contribution in [0.5, 0.6) is 0 Å². The zero-order valence-corrected chi connectivity index (χ0v) is 17.3. The first-order valence-electron chi connectivity index (χ1n) is 11.0. The molecular weight excluding hydrogens is 388 g/mol. The number of hydrogen-bond acceptors (Lipinski definition) is 3. The van der Waals surface area contributed by atoms with Crippen molar-refractivity contribution in [3.05, 3.63) is 77.9 Å². The van der Waals surface area contributed by atoms with Gasteiger partial charge in [-0.15, -0.1) is 0 Å². The lowest BCUT2D eigenvalue weighted by Crippen LogP contribution is -2.45. The van der Waals surface area contributed by atoms with Gasteiger partial charge in [0, 0.05) is 11.3 Å². The summed E-state index contributed by atoms with van der Waals surface area (Å²) in [6, 6.07) is 16.7. The summed E-state index contributed by atoms with van der Waals surface area (Å²) < 4.78 is 0. The van der Waals surface area contributed by atoms with Gasteiger partial charge in [-0.25, -0.2) is 0 Å². The topological polar surface area (TPSA) is 57.7 Å². The highest BCUT2D eigenvalue weighted by molar-refractivity contribution is 6.10. The minimum Gasteiger partial charge on any atom is -0.290 e. The first kappa shape index (κ1) is 18.6. The first-order valence-corrected chi connectivity index (χ1v) is 11.0. The summed E-state index contributed by atoms with van der Waals surface area (Å²) in [4.78, 5) is 43.3. The number of likely N-dealkylation sites (tertiary alicyclic amines) is 1. The molecule has 0 spiro atoms. The lowest BCUT2D eigenvalue weighted by Gasteiger charge is -2.37. The van der Waals surface area contributed by atoms with Gasteiger partial charge >= 0.3 is 0 Å². The van der Waals surface area contributed by atoms with E-state index in [9.17, 15) is 14.4 Å². The molecule has 0 N–H and O–H groups in total. The van der Waals surface area contributed by atoms with Crippen LogP contribution in [0.1, 0.15) is 22.3 Å². The predicted octanol–water partition coefficient (Wildman–Crippen LogP) is 3.65. The van der Waals surface area contributed by atoms with E-state index >= 15 is 0 Å². The molecule has 6 unspecified atom stereocenters. The molecule has 5 nitrogen and oxygen atoms in total. The van der Waals surface area contributed by atoms with E-state index < -0.39 is 0 Å². The standard InChI is InChI=1S/C26H24N2O3/c1-15-7-5-6-10-17(15)24(29)27(16-8-3-2-4-9-16)14-28-25(30)22-18-11-12-19(21-13-20(18)21)23(22)26(28)31/h2-12,18-23H,13-14H2,1H3. The Kier molecular flexibility index (Phi) is 3.98. The smallest absolute Gasteiger partial charge is 0.260 e. The summed E-state index contributed by atoms with van der Waals surface area (Å²) in [6.07, 6.45) is 5.47. The van der Waals surface area contributed by atoms with Crippen molar-refractivity contribution < 1.29 is 14.4 Å². The Bertz CT molecular complexity index is 1090. The number of anilines is 1. The van der Waals surface area contributed by atoms with Crippen LogP contribution in [0.2, 0.25) is 0 Å². The third kappa shape index (κ3) is 2.65. The summed E-state index contributed by atoms with van der Waals surface area (Å²) in [6.45, 7) is 1.85. The van der Waals surface area contributed by atoms with Gasteiger partial charge < -0.3 is 0 Å². The maximum Gasteiger partial charge on any atom is 0.260 e. The minimum absolute atomic E-state index is 0.0450. The molecule has 1 saturated heterocycles. The molecular formula is C26H24N2O3. The molecule has 31 heavy (non-hydrogen) atoms. The molecule has 3 fully saturated rings. The van der Waals surface area contributed by atoms with Crippen LogP contribution in [0.3, 0.4) is 0 Å². The number of rotatable bonds is 4. The summed E-state index contributed by atoms with van der Waals surface area (Å²) >= 11 is 0. The van der Waals surface area contributed by atoms with E-state index in [4.69, 9.17) is 0 Å². The van der Waals surface area contributed by atoms with Crippen molar-refractivity contribution >= 4 is 23.4 Å². The van der Waals surface area contributed by atoms with Gasteiger partial charge in [0.25, 0.3) is 5.91 Å². The van der Waals surface area contributed by atoms with Gasteiger partial charge in [-0.3, -0.25) is 24.2 Å². The van der Waals surface area contributed by atoms with E-state index in [0.29, 0.717) is 23.1 Å². The second kappa shape index (κ2) is 6.64. The lowest BCUT2D eigenvalue weighted by molar-refractivity contribution is -0.140. The van der Waals surface area contributed by atoms with Gasteiger partial charge in [-0.2, -0.15) is 0 Å². The predicted molar refractivity (Wildman–Crippen MR) is 116 cm³/mol. The van der Waals surface area contributed by atoms with Gasteiger partial charge in [-0.05, 0) is 60.8 Å². The van der Waals surface area contributed by atoms with Crippen LogP contribution in [-0.2, 0) is 9.59 Å². The Morgan fingerprint density at radius 3 is 2.10 bits per heavy atom. The number of aryl methyl sites for hydroxylation is 1. The quantitative estimate of drug-likeness (QED) is 0.569. The molecule has 4 aliphatic carbocycles. The number of imide groups is 1. The van der Waals surface area contributed by atoms with Crippen molar-refractivity contribution in [1.82, 2.24) is 4.90 Å². The first-order chi connectivity index (χ1) is 15.1. The van der Waals surface area contributed by atoms with Crippen molar-refractivity contribution in [2.75, 3.05) is 11.6 Å². The fourth-order valence-electron chi connectivity index (χ4n) is 6.13.